The van der Waals surface area contributed by atoms with Crippen LogP contribution in [-0.4, -0.2) is 78.0 Å². The summed E-state index contributed by atoms with van der Waals surface area (Å²) < 4.78 is 42.8. The Morgan fingerprint density at radius 2 is 1.04 bits per heavy atom. The van der Waals surface area contributed by atoms with E-state index >= 15 is 0 Å². The van der Waals surface area contributed by atoms with E-state index in [4.69, 9.17) is 37.9 Å². The molecule has 2 aliphatic rings. The summed E-state index contributed by atoms with van der Waals surface area (Å²) in [5.74, 6) is 3.37. The molecule has 4 aromatic rings. The zero-order valence-electron chi connectivity index (χ0n) is 32.5. The van der Waals surface area contributed by atoms with Gasteiger partial charge in [0.15, 0.2) is 51.8 Å². The number of hydrogen-bond donors (Lipinski definition) is 3. The maximum Gasteiger partial charge on any atom is 0.203 e. The minimum Gasteiger partial charge on any atom is -0.504 e. The number of carbonyl (C=O) groups is 1. The molecule has 0 spiro atoms. The highest BCUT2D eigenvalue weighted by Crippen LogP contribution is 2.48. The van der Waals surface area contributed by atoms with E-state index in [2.05, 4.69) is 0 Å². The minimum absolute atomic E-state index is 0.109. The Hall–Kier alpha value is -6.17. The summed E-state index contributed by atoms with van der Waals surface area (Å²) >= 11 is 0. The third-order valence-electron chi connectivity index (χ3n) is 9.77. The average molecular weight is 757 g/mol. The lowest BCUT2D eigenvalue weighted by Gasteiger charge is -2.17. The molecule has 292 valence electrons. The number of rotatable bonds is 11. The molecule has 0 unspecified atom stereocenters. The maximum absolute atomic E-state index is 13.2. The summed E-state index contributed by atoms with van der Waals surface area (Å²) in [6.45, 7) is 0. The van der Waals surface area contributed by atoms with Gasteiger partial charge in [-0.3, -0.25) is 4.79 Å². The summed E-state index contributed by atoms with van der Waals surface area (Å²) in [7, 11) is 12.3. The molecule has 0 fully saturated rings. The maximum atomic E-state index is 13.2. The van der Waals surface area contributed by atoms with Gasteiger partial charge in [-0.05, 0) is 97.7 Å². The second-order valence-electron chi connectivity index (χ2n) is 12.7. The molecule has 0 atom stereocenters. The number of hydrogen-bond acceptors (Lipinski definition) is 12. The third kappa shape index (κ3) is 8.03. The van der Waals surface area contributed by atoms with Crippen LogP contribution in [0.25, 0.3) is 17.7 Å². The van der Waals surface area contributed by atoms with Gasteiger partial charge in [0.25, 0.3) is 0 Å². The Kier molecular flexibility index (Phi) is 12.9. The summed E-state index contributed by atoms with van der Waals surface area (Å²) in [6.07, 6.45) is 8.24. The number of methoxy groups -OCH3 is 8. The Balaban J connectivity index is 0.000000211. The van der Waals surface area contributed by atoms with E-state index in [9.17, 15) is 20.1 Å². The molecule has 0 heterocycles. The van der Waals surface area contributed by atoms with Crippen molar-refractivity contribution in [2.45, 2.75) is 38.5 Å². The molecular weight excluding hydrogens is 708 g/mol. The largest absolute Gasteiger partial charge is 0.504 e. The van der Waals surface area contributed by atoms with E-state index in [1.807, 2.05) is 24.3 Å². The second-order valence-corrected chi connectivity index (χ2v) is 12.7. The van der Waals surface area contributed by atoms with Crippen molar-refractivity contribution in [3.63, 3.8) is 0 Å². The van der Waals surface area contributed by atoms with E-state index in [1.54, 1.807) is 51.7 Å². The van der Waals surface area contributed by atoms with Crippen molar-refractivity contribution >= 4 is 23.5 Å². The molecule has 12 heteroatoms. The van der Waals surface area contributed by atoms with Crippen LogP contribution in [0.15, 0.2) is 48.0 Å². The number of benzene rings is 4. The van der Waals surface area contributed by atoms with Crippen molar-refractivity contribution in [2.24, 2.45) is 0 Å². The smallest absolute Gasteiger partial charge is 0.203 e. The lowest BCUT2D eigenvalue weighted by molar-refractivity contribution is 0.103. The van der Waals surface area contributed by atoms with Crippen LogP contribution in [0, 0.1) is 0 Å². The van der Waals surface area contributed by atoms with Crippen LogP contribution in [0.3, 0.4) is 0 Å². The quantitative estimate of drug-likeness (QED) is 0.100. The summed E-state index contributed by atoms with van der Waals surface area (Å²) in [5, 5.41) is 31.0. The van der Waals surface area contributed by atoms with Crippen molar-refractivity contribution < 1.29 is 58.0 Å². The van der Waals surface area contributed by atoms with E-state index in [-0.39, 0.29) is 28.8 Å². The van der Waals surface area contributed by atoms with Gasteiger partial charge in [0.05, 0.1) is 56.9 Å². The van der Waals surface area contributed by atoms with Crippen LogP contribution in [0.5, 0.6) is 63.2 Å². The number of fused-ring (bicyclic) bond motifs is 2. The van der Waals surface area contributed by atoms with Crippen LogP contribution < -0.4 is 37.9 Å². The SMILES string of the molecule is COc1ccc(C2=Cc3cc(OC)c(OC)c(OC)c3CCC2)c(O)c1O.COc1ccc2c(c1O)CCCC(C(=O)c1cc(OC)c(OC)c(OC)c1)=C2. The van der Waals surface area contributed by atoms with Crippen LogP contribution in [-0.2, 0) is 12.8 Å². The number of Topliss-reactive ketones (excluding diaryl/α,β-unsaturated/α-hetero) is 1. The van der Waals surface area contributed by atoms with Crippen molar-refractivity contribution in [2.75, 3.05) is 56.9 Å². The second kappa shape index (κ2) is 17.8. The van der Waals surface area contributed by atoms with Gasteiger partial charge in [-0.1, -0.05) is 12.1 Å². The summed E-state index contributed by atoms with van der Waals surface area (Å²) in [6, 6.07) is 12.2. The Bertz CT molecular complexity index is 2090. The Labute approximate surface area is 321 Å². The van der Waals surface area contributed by atoms with Gasteiger partial charge in [0.2, 0.25) is 17.2 Å². The summed E-state index contributed by atoms with van der Waals surface area (Å²) in [5.41, 5.74) is 6.21. The van der Waals surface area contributed by atoms with E-state index in [0.717, 1.165) is 53.5 Å². The number of aromatic hydroxyl groups is 3. The number of carbonyl (C=O) groups excluding carboxylic acids is 1. The fraction of sp³-hybridized carbons (Fsp3) is 0.326. The first-order chi connectivity index (χ1) is 26.6. The van der Waals surface area contributed by atoms with Gasteiger partial charge in [-0.15, -0.1) is 0 Å². The minimum atomic E-state index is -0.259. The first-order valence-corrected chi connectivity index (χ1v) is 17.6. The molecule has 0 saturated heterocycles. The van der Waals surface area contributed by atoms with Crippen LogP contribution >= 0.6 is 0 Å². The number of ketones is 1. The molecule has 12 nitrogen and oxygen atoms in total. The van der Waals surface area contributed by atoms with Gasteiger partial charge in [-0.25, -0.2) is 0 Å². The van der Waals surface area contributed by atoms with E-state index in [1.165, 1.54) is 35.5 Å². The lowest BCUT2D eigenvalue weighted by Crippen LogP contribution is -2.05. The summed E-state index contributed by atoms with van der Waals surface area (Å²) in [4.78, 5) is 13.2. The predicted molar refractivity (Wildman–Crippen MR) is 209 cm³/mol. The van der Waals surface area contributed by atoms with Crippen molar-refractivity contribution in [3.8, 4) is 63.2 Å². The van der Waals surface area contributed by atoms with Gasteiger partial charge in [-0.2, -0.15) is 0 Å². The number of ether oxygens (including phenoxy) is 8. The van der Waals surface area contributed by atoms with Crippen molar-refractivity contribution in [3.05, 3.63) is 81.4 Å². The van der Waals surface area contributed by atoms with Crippen molar-refractivity contribution in [1.29, 1.82) is 0 Å². The highest BCUT2D eigenvalue weighted by molar-refractivity contribution is 6.12. The van der Waals surface area contributed by atoms with Crippen LogP contribution in [0.4, 0.5) is 0 Å². The molecular formula is C43H48O12. The standard InChI is InChI=1S/C22H24O6.C21H24O6/c1-25-17-9-8-13-10-14(6-5-7-16(13)21(17)24)20(23)15-11-18(26-2)22(28-4)19(12-15)27-3;1-24-16-9-8-14(18(22)19(16)23)12-6-5-7-15-13(10-12)11-17(25-2)21(27-4)20(15)26-3/h8-12,24H,5-7H2,1-4H3;8-11,22-23H,5-7H2,1-4H3. The fourth-order valence-corrected chi connectivity index (χ4v) is 7.02. The number of allylic oxidation sites excluding steroid dienone is 2. The fourth-order valence-electron chi connectivity index (χ4n) is 7.02. The molecule has 0 amide bonds. The Morgan fingerprint density at radius 3 is 1.64 bits per heavy atom. The first kappa shape index (κ1) is 40.0. The molecule has 0 aromatic heterocycles. The monoisotopic (exact) mass is 756 g/mol. The first-order valence-electron chi connectivity index (χ1n) is 17.6. The highest BCUT2D eigenvalue weighted by atomic mass is 16.5. The van der Waals surface area contributed by atoms with E-state index in [0.29, 0.717) is 69.8 Å². The zero-order chi connectivity index (χ0) is 39.8. The van der Waals surface area contributed by atoms with Gasteiger partial charge < -0.3 is 53.2 Å². The topological polar surface area (TPSA) is 152 Å². The van der Waals surface area contributed by atoms with Crippen LogP contribution in [0.2, 0.25) is 0 Å². The molecule has 0 aliphatic heterocycles. The van der Waals surface area contributed by atoms with Crippen molar-refractivity contribution in [1.82, 2.24) is 0 Å². The van der Waals surface area contributed by atoms with Gasteiger partial charge >= 0.3 is 0 Å². The van der Waals surface area contributed by atoms with Gasteiger partial charge in [0, 0.05) is 27.8 Å². The number of phenolic OH excluding ortho intramolecular Hbond substituents is 3. The lowest BCUT2D eigenvalue weighted by atomic mass is 9.98. The Morgan fingerprint density at radius 1 is 0.491 bits per heavy atom. The normalized spacial score (nSPS) is 13.2. The molecule has 0 bridgehead atoms. The van der Waals surface area contributed by atoms with Crippen LogP contribution in [0.1, 0.15) is 63.9 Å². The van der Waals surface area contributed by atoms with Gasteiger partial charge in [0.1, 0.15) is 0 Å². The molecule has 4 aromatic carbocycles. The average Bonchev–Trinajstić information content (AvgIpc) is 3.57. The molecule has 3 N–H and O–H groups in total. The third-order valence-corrected chi connectivity index (χ3v) is 9.77. The zero-order valence-corrected chi connectivity index (χ0v) is 32.5. The number of phenols is 3. The van der Waals surface area contributed by atoms with E-state index < -0.39 is 0 Å². The highest BCUT2D eigenvalue weighted by Gasteiger charge is 2.25. The predicted octanol–water partition coefficient (Wildman–Crippen LogP) is 8.04. The molecule has 6 rings (SSSR count). The molecule has 0 radical (unpaired) electrons. The molecule has 0 saturated carbocycles. The molecule has 55 heavy (non-hydrogen) atoms. The molecule has 2 aliphatic carbocycles.